The summed E-state index contributed by atoms with van der Waals surface area (Å²) in [6.07, 6.45) is 28.7. The van der Waals surface area contributed by atoms with Gasteiger partial charge in [0.1, 0.15) is 50.8 Å². The average Bonchev–Trinajstić information content (AvgIpc) is 1.62. The number of fused-ring (bicyclic) bond motifs is 9. The van der Waals surface area contributed by atoms with Gasteiger partial charge in [-0.15, -0.1) is 34.0 Å². The van der Waals surface area contributed by atoms with Gasteiger partial charge in [-0.05, 0) is 206 Å². The van der Waals surface area contributed by atoms with Crippen LogP contribution in [0.15, 0.2) is 19.0 Å². The molecule has 0 unspecified atom stereocenters. The van der Waals surface area contributed by atoms with E-state index in [9.17, 15) is 10.2 Å². The molecule has 9 aliphatic rings. The van der Waals surface area contributed by atoms with Crippen molar-refractivity contribution in [1.82, 2.24) is 44.6 Å². The van der Waals surface area contributed by atoms with Crippen LogP contribution in [0.3, 0.4) is 0 Å². The van der Waals surface area contributed by atoms with Gasteiger partial charge in [-0.2, -0.15) is 0 Å². The van der Waals surface area contributed by atoms with E-state index in [4.69, 9.17) is 44.1 Å². The van der Waals surface area contributed by atoms with Crippen LogP contribution in [-0.2, 0) is 42.3 Å². The number of halogens is 1. The third-order valence-corrected chi connectivity index (χ3v) is 37.1. The summed E-state index contributed by atoms with van der Waals surface area (Å²) >= 11 is 11.8. The standard InChI is InChI=1S/C27H43N3O3SSi.C21H29N3O3S.C17H25ClN2OSSi.C10H19NO2/c1-27(2,3)35(4,5)32-15-12-19-6-11-22-23(19)24-25(28-18-29-26(24)34-22)33-21-9-7-20(8-10-21)30-13-16-31-17-14-30;25-10-7-14-1-6-17-18(14)19-20(22-13-23-21(19)28-17)27-16-4-2-15(3-5-16)24-8-11-26-12-9-24;1-17(2,3)23(4,5)21-9-8-11-6-7-12-13(11)14-15(18)19-10-20-16(14)22-12;12-10-3-1-9(2-4-10)11-5-7-13-8-6-11/h18-21H,6-17H2,1-5H3;13-16,25H,1-12H2;10-11H,6-9H2,1-5H3;9-10,12H,1-8H2/t19-,20?,21?;14-,15?,16?;11-;/m111./s1. The van der Waals surface area contributed by atoms with E-state index in [1.54, 1.807) is 41.7 Å². The van der Waals surface area contributed by atoms with Crippen LogP contribution in [0, 0.1) is 0 Å². The zero-order valence-corrected chi connectivity index (χ0v) is 66.5. The highest BCUT2D eigenvalue weighted by molar-refractivity contribution is 7.19. The van der Waals surface area contributed by atoms with Gasteiger partial charge in [-0.3, -0.25) is 14.7 Å². The summed E-state index contributed by atoms with van der Waals surface area (Å²) in [5, 5.41) is 23.3. The smallest absolute Gasteiger partial charge is 0.225 e. The second-order valence-electron chi connectivity index (χ2n) is 32.4. The zero-order chi connectivity index (χ0) is 69.5. The molecule has 2 N–H and O–H groups in total. The van der Waals surface area contributed by atoms with Crippen LogP contribution in [-0.4, -0.2) is 207 Å². The number of rotatable bonds is 17. The van der Waals surface area contributed by atoms with Gasteiger partial charge in [0.25, 0.3) is 0 Å². The zero-order valence-electron chi connectivity index (χ0n) is 61.3. The third-order valence-electron chi connectivity index (χ3n) is 24.2. The van der Waals surface area contributed by atoms with Crippen molar-refractivity contribution in [1.29, 1.82) is 0 Å². The number of aliphatic hydroxyl groups excluding tert-OH is 2. The molecular weight excluding hydrogens is 1360 g/mol. The molecule has 9 heterocycles. The first-order valence-corrected chi connectivity index (χ1v) is 46.6. The van der Waals surface area contributed by atoms with Crippen LogP contribution in [0.4, 0.5) is 0 Å². The van der Waals surface area contributed by atoms with Gasteiger partial charge in [0.15, 0.2) is 16.6 Å². The van der Waals surface area contributed by atoms with Crippen molar-refractivity contribution in [2.24, 2.45) is 0 Å². The molecule has 24 heteroatoms. The van der Waals surface area contributed by atoms with Crippen molar-refractivity contribution in [3.05, 3.63) is 55.5 Å². The molecule has 6 aromatic rings. The van der Waals surface area contributed by atoms with Gasteiger partial charge in [-0.25, -0.2) is 29.9 Å². The third kappa shape index (κ3) is 18.5. The lowest BCUT2D eigenvalue weighted by atomic mass is 9.91. The van der Waals surface area contributed by atoms with Gasteiger partial charge in [-0.1, -0.05) is 53.1 Å². The van der Waals surface area contributed by atoms with Crippen molar-refractivity contribution < 1.29 is 42.7 Å². The number of hydrogen-bond acceptors (Lipinski definition) is 21. The summed E-state index contributed by atoms with van der Waals surface area (Å²) in [6, 6.07) is 2.07. The number of ether oxygens (including phenoxy) is 5. The molecule has 99 heavy (non-hydrogen) atoms. The van der Waals surface area contributed by atoms with Gasteiger partial charge in [0.05, 0.1) is 61.9 Å². The summed E-state index contributed by atoms with van der Waals surface area (Å²) in [5.74, 6) is 3.06. The number of morpholine rings is 3. The number of aromatic nitrogens is 6. The number of thiophene rings is 3. The van der Waals surface area contributed by atoms with Crippen LogP contribution in [0.2, 0.25) is 41.4 Å². The first-order valence-electron chi connectivity index (χ1n) is 37.9. The lowest BCUT2D eigenvalue weighted by Crippen LogP contribution is -2.46. The molecule has 0 amide bonds. The highest BCUT2D eigenvalue weighted by Crippen LogP contribution is 2.51. The van der Waals surface area contributed by atoms with E-state index in [2.05, 4.69) is 112 Å². The predicted molar refractivity (Wildman–Crippen MR) is 406 cm³/mol. The number of nitrogens with zero attached hydrogens (tertiary/aromatic N) is 9. The fourth-order valence-corrected chi connectivity index (χ4v) is 22.4. The minimum Gasteiger partial charge on any atom is -0.474 e. The fourth-order valence-electron chi connectivity index (χ4n) is 16.3. The van der Waals surface area contributed by atoms with Crippen molar-refractivity contribution >= 4 is 92.9 Å². The summed E-state index contributed by atoms with van der Waals surface area (Å²) in [7, 11) is -3.39. The SMILES string of the molecule is CC(C)(C)[Si](C)(C)OCC[C@H]1CCc2sc3ncnc(Cl)c3c21.CC(C)(C)[Si](C)(C)OCC[C@H]1CCc2sc3ncnc(OC4CCC(N5CCOCC5)CC4)c3c21.OC1CCC(N2CCOCC2)CC1.OCC[C@H]1CCc2sc3ncnc(OC4CCC(N5CCOCC5)CC4)c3c21. The lowest BCUT2D eigenvalue weighted by molar-refractivity contribution is -0.00366. The van der Waals surface area contributed by atoms with Crippen LogP contribution >= 0.6 is 45.6 Å². The van der Waals surface area contributed by atoms with Gasteiger partial charge in [0.2, 0.25) is 11.8 Å². The van der Waals surface area contributed by atoms with E-state index in [1.165, 1.54) is 88.1 Å². The monoisotopic (exact) mass is 1470 g/mol. The first-order chi connectivity index (χ1) is 47.6. The molecule has 0 spiro atoms. The molecular formula is C75H116ClN9O9S3Si2. The average molecular weight is 1480 g/mol. The van der Waals surface area contributed by atoms with E-state index >= 15 is 0 Å². The molecule has 0 aromatic carbocycles. The normalized spacial score (nSPS) is 26.6. The molecule has 6 fully saturated rings. The molecule has 6 aromatic heterocycles. The van der Waals surface area contributed by atoms with Crippen molar-refractivity contribution in [2.45, 2.75) is 267 Å². The van der Waals surface area contributed by atoms with E-state index < -0.39 is 16.6 Å². The van der Waals surface area contributed by atoms with Crippen molar-refractivity contribution in [3.63, 3.8) is 0 Å². The highest BCUT2D eigenvalue weighted by atomic mass is 35.5. The Labute approximate surface area is 609 Å². The highest BCUT2D eigenvalue weighted by Gasteiger charge is 2.41. The van der Waals surface area contributed by atoms with Gasteiger partial charge < -0.3 is 42.7 Å². The van der Waals surface area contributed by atoms with Crippen molar-refractivity contribution in [2.75, 3.05) is 98.7 Å². The largest absolute Gasteiger partial charge is 0.474 e. The second-order valence-corrected chi connectivity index (χ2v) is 45.6. The lowest BCUT2D eigenvalue weighted by Gasteiger charge is -2.38. The summed E-state index contributed by atoms with van der Waals surface area (Å²) in [6.45, 7) is 36.8. The van der Waals surface area contributed by atoms with Crippen LogP contribution in [0.1, 0.15) is 206 Å². The maximum absolute atomic E-state index is 9.45. The Morgan fingerprint density at radius 1 is 0.465 bits per heavy atom. The molecule has 3 saturated heterocycles. The molecule has 3 aliphatic heterocycles. The first kappa shape index (κ1) is 75.7. The van der Waals surface area contributed by atoms with Crippen LogP contribution in [0.25, 0.3) is 30.6 Å². The predicted octanol–water partition coefficient (Wildman–Crippen LogP) is 15.7. The Morgan fingerprint density at radius 2 is 0.798 bits per heavy atom. The summed E-state index contributed by atoms with van der Waals surface area (Å²) in [5.41, 5.74) is 4.21. The molecule has 3 saturated carbocycles. The molecule has 0 radical (unpaired) electrons. The van der Waals surface area contributed by atoms with E-state index in [1.807, 2.05) is 11.3 Å². The number of aryl methyl sites for hydroxylation is 3. The molecule has 18 nitrogen and oxygen atoms in total. The van der Waals surface area contributed by atoms with E-state index in [0.29, 0.717) is 41.0 Å². The quantitative estimate of drug-likeness (QED) is 0.0646. The van der Waals surface area contributed by atoms with E-state index in [0.717, 1.165) is 213 Å². The Kier molecular flexibility index (Phi) is 26.1. The maximum atomic E-state index is 9.45. The minimum atomic E-state index is -1.72. The van der Waals surface area contributed by atoms with Crippen LogP contribution < -0.4 is 9.47 Å². The fraction of sp³-hybridized carbons (Fsp3) is 0.760. The molecule has 15 rings (SSSR count). The summed E-state index contributed by atoms with van der Waals surface area (Å²) < 4.78 is 42.3. The Bertz CT molecular complexity index is 3540. The van der Waals surface area contributed by atoms with Gasteiger partial charge in [0, 0.05) is 91.8 Å². The minimum absolute atomic E-state index is 0.0303. The van der Waals surface area contributed by atoms with Gasteiger partial charge >= 0.3 is 0 Å². The molecule has 548 valence electrons. The Hall–Kier alpha value is -2.96. The van der Waals surface area contributed by atoms with Crippen molar-refractivity contribution in [3.8, 4) is 11.8 Å². The molecule has 0 bridgehead atoms. The summed E-state index contributed by atoms with van der Waals surface area (Å²) in [4.78, 5) is 42.2. The van der Waals surface area contributed by atoms with Crippen LogP contribution in [0.5, 0.6) is 11.8 Å². The number of aliphatic hydroxyl groups is 2. The maximum Gasteiger partial charge on any atom is 0.225 e. The Morgan fingerprint density at radius 3 is 1.16 bits per heavy atom. The molecule has 3 atom stereocenters. The number of hydrogen-bond donors (Lipinski definition) is 2. The Balaban J connectivity index is 0.000000131. The second kappa shape index (κ2) is 34.1. The topological polar surface area (TPSA) is 192 Å². The van der Waals surface area contributed by atoms with E-state index in [-0.39, 0.29) is 35.0 Å². The molecule has 6 aliphatic carbocycles.